The van der Waals surface area contributed by atoms with Crippen LogP contribution in [0.5, 0.6) is 0 Å². The monoisotopic (exact) mass is 361 g/mol. The second-order valence-electron chi connectivity index (χ2n) is 6.37. The standard InChI is InChI=1S/C22H23N3O2/c1-2-17-3-5-18(6-4-17)15-19(16-23)22(26)24-20-7-9-21(10-8-20)25-11-13-27-14-12-25/h3-10,15H,2,11-14H2,1H3,(H,24,26)/b19-15+. The molecule has 138 valence electrons. The number of nitriles is 1. The number of benzene rings is 2. The van der Waals surface area contributed by atoms with Gasteiger partial charge in [0.05, 0.1) is 13.2 Å². The molecule has 1 saturated heterocycles. The Morgan fingerprint density at radius 3 is 2.41 bits per heavy atom. The molecule has 0 radical (unpaired) electrons. The summed E-state index contributed by atoms with van der Waals surface area (Å²) in [7, 11) is 0. The molecular formula is C22H23N3O2. The summed E-state index contributed by atoms with van der Waals surface area (Å²) in [5.41, 5.74) is 3.90. The first kappa shape index (κ1) is 18.7. The minimum Gasteiger partial charge on any atom is -0.378 e. The summed E-state index contributed by atoms with van der Waals surface area (Å²) in [5.74, 6) is -0.406. The van der Waals surface area contributed by atoms with Gasteiger partial charge in [-0.25, -0.2) is 0 Å². The van der Waals surface area contributed by atoms with E-state index in [0.717, 1.165) is 44.0 Å². The molecule has 3 rings (SSSR count). The molecule has 0 bridgehead atoms. The Bertz CT molecular complexity index is 843. The van der Waals surface area contributed by atoms with Crippen LogP contribution < -0.4 is 10.2 Å². The summed E-state index contributed by atoms with van der Waals surface area (Å²) < 4.78 is 5.36. The predicted octanol–water partition coefficient (Wildman–Crippen LogP) is 3.63. The Kier molecular flexibility index (Phi) is 6.24. The molecule has 1 amide bonds. The van der Waals surface area contributed by atoms with Crippen LogP contribution in [-0.4, -0.2) is 32.2 Å². The maximum atomic E-state index is 12.4. The van der Waals surface area contributed by atoms with Gasteiger partial charge in [-0.3, -0.25) is 4.79 Å². The normalized spacial score (nSPS) is 14.5. The molecule has 5 nitrogen and oxygen atoms in total. The van der Waals surface area contributed by atoms with Crippen LogP contribution in [0.3, 0.4) is 0 Å². The number of hydrogen-bond acceptors (Lipinski definition) is 4. The van der Waals surface area contributed by atoms with Crippen LogP contribution in [0.4, 0.5) is 11.4 Å². The second-order valence-corrected chi connectivity index (χ2v) is 6.37. The van der Waals surface area contributed by atoms with Gasteiger partial charge in [0, 0.05) is 24.5 Å². The van der Waals surface area contributed by atoms with Gasteiger partial charge in [-0.05, 0) is 47.9 Å². The van der Waals surface area contributed by atoms with Gasteiger partial charge >= 0.3 is 0 Å². The molecule has 0 spiro atoms. The van der Waals surface area contributed by atoms with E-state index < -0.39 is 5.91 Å². The lowest BCUT2D eigenvalue weighted by atomic mass is 10.1. The maximum Gasteiger partial charge on any atom is 0.266 e. The van der Waals surface area contributed by atoms with E-state index in [4.69, 9.17) is 4.74 Å². The Labute approximate surface area is 159 Å². The third kappa shape index (κ3) is 4.96. The van der Waals surface area contributed by atoms with E-state index in [1.165, 1.54) is 5.56 Å². The molecule has 0 saturated carbocycles. The minimum absolute atomic E-state index is 0.0801. The number of aryl methyl sites for hydroxylation is 1. The number of amides is 1. The topological polar surface area (TPSA) is 65.4 Å². The van der Waals surface area contributed by atoms with Crippen molar-refractivity contribution in [1.29, 1.82) is 5.26 Å². The first-order chi connectivity index (χ1) is 13.2. The Morgan fingerprint density at radius 2 is 1.81 bits per heavy atom. The highest BCUT2D eigenvalue weighted by molar-refractivity contribution is 6.09. The molecule has 0 unspecified atom stereocenters. The number of nitrogens with zero attached hydrogens (tertiary/aromatic N) is 2. The number of hydrogen-bond donors (Lipinski definition) is 1. The molecule has 0 aromatic heterocycles. The van der Waals surface area contributed by atoms with Gasteiger partial charge in [0.15, 0.2) is 0 Å². The van der Waals surface area contributed by atoms with Gasteiger partial charge in [-0.15, -0.1) is 0 Å². The molecule has 1 aliphatic heterocycles. The van der Waals surface area contributed by atoms with E-state index in [0.29, 0.717) is 5.69 Å². The van der Waals surface area contributed by atoms with E-state index in [1.807, 2.05) is 54.6 Å². The van der Waals surface area contributed by atoms with Crippen molar-refractivity contribution in [1.82, 2.24) is 0 Å². The summed E-state index contributed by atoms with van der Waals surface area (Å²) in [6.07, 6.45) is 2.56. The number of carbonyl (C=O) groups excluding carboxylic acids is 1. The molecule has 1 fully saturated rings. The Hall–Kier alpha value is -3.10. The first-order valence-corrected chi connectivity index (χ1v) is 9.14. The fourth-order valence-electron chi connectivity index (χ4n) is 2.94. The smallest absolute Gasteiger partial charge is 0.266 e. The van der Waals surface area contributed by atoms with Crippen LogP contribution in [0.15, 0.2) is 54.1 Å². The van der Waals surface area contributed by atoms with E-state index in [1.54, 1.807) is 6.08 Å². The molecule has 2 aromatic carbocycles. The average molecular weight is 361 g/mol. The summed E-state index contributed by atoms with van der Waals surface area (Å²) >= 11 is 0. The molecule has 1 heterocycles. The summed E-state index contributed by atoms with van der Waals surface area (Å²) in [6.45, 7) is 5.28. The zero-order valence-electron chi connectivity index (χ0n) is 15.4. The van der Waals surface area contributed by atoms with E-state index in [2.05, 4.69) is 17.1 Å². The zero-order valence-corrected chi connectivity index (χ0v) is 15.4. The van der Waals surface area contributed by atoms with Crippen molar-refractivity contribution in [3.63, 3.8) is 0 Å². The quantitative estimate of drug-likeness (QED) is 0.652. The minimum atomic E-state index is -0.406. The SMILES string of the molecule is CCc1ccc(/C=C(\C#N)C(=O)Nc2ccc(N3CCOCC3)cc2)cc1. The third-order valence-corrected chi connectivity index (χ3v) is 4.57. The fraction of sp³-hybridized carbons (Fsp3) is 0.273. The van der Waals surface area contributed by atoms with Crippen molar-refractivity contribution in [2.75, 3.05) is 36.5 Å². The molecule has 2 aromatic rings. The largest absolute Gasteiger partial charge is 0.378 e. The van der Waals surface area contributed by atoms with Crippen molar-refractivity contribution in [2.45, 2.75) is 13.3 Å². The number of rotatable bonds is 5. The van der Waals surface area contributed by atoms with Crippen LogP contribution in [-0.2, 0) is 16.0 Å². The summed E-state index contributed by atoms with van der Waals surface area (Å²) in [6, 6.07) is 17.5. The number of carbonyl (C=O) groups is 1. The van der Waals surface area contributed by atoms with Crippen molar-refractivity contribution in [2.24, 2.45) is 0 Å². The van der Waals surface area contributed by atoms with Crippen molar-refractivity contribution in [3.05, 3.63) is 65.2 Å². The summed E-state index contributed by atoms with van der Waals surface area (Å²) in [4.78, 5) is 14.7. The highest BCUT2D eigenvalue weighted by Gasteiger charge is 2.12. The van der Waals surface area contributed by atoms with E-state index in [-0.39, 0.29) is 5.57 Å². The lowest BCUT2D eigenvalue weighted by molar-refractivity contribution is -0.112. The molecular weight excluding hydrogens is 338 g/mol. The number of nitrogens with one attached hydrogen (secondary N) is 1. The van der Waals surface area contributed by atoms with Gasteiger partial charge in [-0.1, -0.05) is 31.2 Å². The Morgan fingerprint density at radius 1 is 1.15 bits per heavy atom. The average Bonchev–Trinajstić information content (AvgIpc) is 2.73. The first-order valence-electron chi connectivity index (χ1n) is 9.14. The highest BCUT2D eigenvalue weighted by atomic mass is 16.5. The molecule has 1 N–H and O–H groups in total. The van der Waals surface area contributed by atoms with Crippen LogP contribution in [0.25, 0.3) is 6.08 Å². The molecule has 5 heteroatoms. The van der Waals surface area contributed by atoms with Gasteiger partial charge in [-0.2, -0.15) is 5.26 Å². The van der Waals surface area contributed by atoms with E-state index in [9.17, 15) is 10.1 Å². The van der Waals surface area contributed by atoms with Gasteiger partial charge < -0.3 is 15.0 Å². The lowest BCUT2D eigenvalue weighted by Gasteiger charge is -2.28. The highest BCUT2D eigenvalue weighted by Crippen LogP contribution is 2.19. The van der Waals surface area contributed by atoms with Crippen LogP contribution in [0.2, 0.25) is 0 Å². The Balaban J connectivity index is 1.67. The molecule has 0 atom stereocenters. The van der Waals surface area contributed by atoms with Crippen molar-refractivity contribution < 1.29 is 9.53 Å². The zero-order chi connectivity index (χ0) is 19.1. The fourth-order valence-corrected chi connectivity index (χ4v) is 2.94. The van der Waals surface area contributed by atoms with Crippen molar-refractivity contribution in [3.8, 4) is 6.07 Å². The van der Waals surface area contributed by atoms with Crippen LogP contribution in [0, 0.1) is 11.3 Å². The number of anilines is 2. The molecule has 0 aliphatic carbocycles. The third-order valence-electron chi connectivity index (χ3n) is 4.57. The molecule has 1 aliphatic rings. The van der Waals surface area contributed by atoms with E-state index >= 15 is 0 Å². The lowest BCUT2D eigenvalue weighted by Crippen LogP contribution is -2.36. The number of ether oxygens (including phenoxy) is 1. The van der Waals surface area contributed by atoms with Gasteiger partial charge in [0.1, 0.15) is 11.6 Å². The predicted molar refractivity (Wildman–Crippen MR) is 108 cm³/mol. The summed E-state index contributed by atoms with van der Waals surface area (Å²) in [5, 5.41) is 12.1. The maximum absolute atomic E-state index is 12.4. The second kappa shape index (κ2) is 9.02. The number of morpholine rings is 1. The van der Waals surface area contributed by atoms with Gasteiger partial charge in [0.2, 0.25) is 0 Å². The van der Waals surface area contributed by atoms with Gasteiger partial charge in [0.25, 0.3) is 5.91 Å². The van der Waals surface area contributed by atoms with Crippen LogP contribution >= 0.6 is 0 Å². The van der Waals surface area contributed by atoms with Crippen molar-refractivity contribution >= 4 is 23.4 Å². The van der Waals surface area contributed by atoms with Crippen LogP contribution in [0.1, 0.15) is 18.1 Å². The molecule has 27 heavy (non-hydrogen) atoms.